The van der Waals surface area contributed by atoms with Gasteiger partial charge >= 0.3 is 0 Å². The largest absolute Gasteiger partial charge is 0.497 e. The fourth-order valence-corrected chi connectivity index (χ4v) is 1.78. The number of hydrogen-bond donors (Lipinski definition) is 2. The van der Waals surface area contributed by atoms with Gasteiger partial charge in [0.25, 0.3) is 0 Å². The third-order valence-electron chi connectivity index (χ3n) is 3.39. The fraction of sp³-hybridized carbons (Fsp3) is 0.600. The minimum Gasteiger partial charge on any atom is -0.497 e. The van der Waals surface area contributed by atoms with Crippen molar-refractivity contribution in [3.05, 3.63) is 24.3 Å². The van der Waals surface area contributed by atoms with E-state index in [2.05, 4.69) is 5.32 Å². The highest BCUT2D eigenvalue weighted by Crippen LogP contribution is 2.19. The molecular formula is C15H25NO3. The van der Waals surface area contributed by atoms with Gasteiger partial charge in [0.1, 0.15) is 11.5 Å². The van der Waals surface area contributed by atoms with Crippen LogP contribution in [0.3, 0.4) is 0 Å². The lowest BCUT2D eigenvalue weighted by molar-refractivity contribution is 0.168. The van der Waals surface area contributed by atoms with Gasteiger partial charge in [-0.25, -0.2) is 0 Å². The first kappa shape index (κ1) is 15.8. The number of aliphatic hydroxyl groups is 1. The lowest BCUT2D eigenvalue weighted by Gasteiger charge is -2.26. The van der Waals surface area contributed by atoms with Crippen LogP contribution in [0, 0.1) is 0 Å². The molecule has 0 aromatic heterocycles. The van der Waals surface area contributed by atoms with Crippen molar-refractivity contribution in [2.75, 3.05) is 27.4 Å². The summed E-state index contributed by atoms with van der Waals surface area (Å²) < 4.78 is 10.8. The molecule has 0 saturated carbocycles. The normalized spacial score (nSPS) is 13.9. The van der Waals surface area contributed by atoms with Crippen LogP contribution in [-0.4, -0.2) is 38.0 Å². The molecule has 2 N–H and O–H groups in total. The van der Waals surface area contributed by atoms with Crippen LogP contribution in [0.2, 0.25) is 0 Å². The molecule has 0 spiro atoms. The molecule has 1 atom stereocenters. The third kappa shape index (κ3) is 5.49. The monoisotopic (exact) mass is 267 g/mol. The molecule has 0 aliphatic heterocycles. The maximum absolute atomic E-state index is 9.27. The summed E-state index contributed by atoms with van der Waals surface area (Å²) in [4.78, 5) is 0. The SMILES string of the molecule is CNC(C)(CO)CCCCOc1cccc(OC)c1. The van der Waals surface area contributed by atoms with Crippen LogP contribution in [0.1, 0.15) is 26.2 Å². The molecule has 108 valence electrons. The topological polar surface area (TPSA) is 50.7 Å². The Morgan fingerprint density at radius 3 is 2.63 bits per heavy atom. The summed E-state index contributed by atoms with van der Waals surface area (Å²) in [6, 6.07) is 7.61. The molecule has 0 saturated heterocycles. The highest BCUT2D eigenvalue weighted by molar-refractivity contribution is 5.32. The molecule has 1 aromatic rings. The van der Waals surface area contributed by atoms with Crippen molar-refractivity contribution in [3.63, 3.8) is 0 Å². The molecule has 1 rings (SSSR count). The molecule has 4 nitrogen and oxygen atoms in total. The van der Waals surface area contributed by atoms with E-state index in [1.54, 1.807) is 7.11 Å². The average Bonchev–Trinajstić information content (AvgIpc) is 2.47. The standard InChI is InChI=1S/C15H25NO3/c1-15(12-17,16-2)9-4-5-10-19-14-8-6-7-13(11-14)18-3/h6-8,11,16-17H,4-5,9-10,12H2,1-3H3. The number of nitrogens with one attached hydrogen (secondary N) is 1. The van der Waals surface area contributed by atoms with Gasteiger partial charge in [0, 0.05) is 11.6 Å². The molecule has 1 aromatic carbocycles. The molecule has 4 heteroatoms. The summed E-state index contributed by atoms with van der Waals surface area (Å²) in [6.45, 7) is 2.86. The van der Waals surface area contributed by atoms with Gasteiger partial charge in [0.15, 0.2) is 0 Å². The second kappa shape index (κ2) is 8.02. The summed E-state index contributed by atoms with van der Waals surface area (Å²) in [7, 11) is 3.52. The van der Waals surface area contributed by atoms with Gasteiger partial charge < -0.3 is 19.9 Å². The van der Waals surface area contributed by atoms with Crippen LogP contribution < -0.4 is 14.8 Å². The van der Waals surface area contributed by atoms with Gasteiger partial charge in [-0.2, -0.15) is 0 Å². The first-order valence-corrected chi connectivity index (χ1v) is 6.70. The maximum Gasteiger partial charge on any atom is 0.122 e. The molecule has 0 radical (unpaired) electrons. The van der Waals surface area contributed by atoms with E-state index in [1.807, 2.05) is 38.2 Å². The van der Waals surface area contributed by atoms with Crippen LogP contribution in [0.5, 0.6) is 11.5 Å². The number of likely N-dealkylation sites (N-methyl/N-ethyl adjacent to an activating group) is 1. The average molecular weight is 267 g/mol. The van der Waals surface area contributed by atoms with Crippen molar-refractivity contribution in [1.82, 2.24) is 5.32 Å². The predicted molar refractivity (Wildman–Crippen MR) is 76.9 cm³/mol. The number of benzene rings is 1. The van der Waals surface area contributed by atoms with E-state index in [9.17, 15) is 5.11 Å². The summed E-state index contributed by atoms with van der Waals surface area (Å²) in [5.74, 6) is 1.64. The zero-order chi connectivity index (χ0) is 14.1. The quantitative estimate of drug-likeness (QED) is 0.674. The Balaban J connectivity index is 2.23. The number of aliphatic hydroxyl groups excluding tert-OH is 1. The van der Waals surface area contributed by atoms with E-state index in [4.69, 9.17) is 9.47 Å². The fourth-order valence-electron chi connectivity index (χ4n) is 1.78. The third-order valence-corrected chi connectivity index (χ3v) is 3.39. The van der Waals surface area contributed by atoms with Crippen LogP contribution in [0.4, 0.5) is 0 Å². The van der Waals surface area contributed by atoms with Gasteiger partial charge in [-0.15, -0.1) is 0 Å². The predicted octanol–water partition coefficient (Wildman–Crippen LogP) is 2.21. The maximum atomic E-state index is 9.27. The van der Waals surface area contributed by atoms with Crippen molar-refractivity contribution >= 4 is 0 Å². The number of rotatable bonds is 9. The first-order chi connectivity index (χ1) is 9.13. The minimum absolute atomic E-state index is 0.153. The van der Waals surface area contributed by atoms with Gasteiger partial charge in [-0.05, 0) is 45.4 Å². The van der Waals surface area contributed by atoms with Crippen molar-refractivity contribution in [2.24, 2.45) is 0 Å². The Hall–Kier alpha value is -1.26. The van der Waals surface area contributed by atoms with E-state index in [0.29, 0.717) is 6.61 Å². The lowest BCUT2D eigenvalue weighted by atomic mass is 9.96. The van der Waals surface area contributed by atoms with Gasteiger partial charge in [-0.1, -0.05) is 6.07 Å². The first-order valence-electron chi connectivity index (χ1n) is 6.70. The van der Waals surface area contributed by atoms with Crippen molar-refractivity contribution < 1.29 is 14.6 Å². The van der Waals surface area contributed by atoms with Crippen LogP contribution in [0.25, 0.3) is 0 Å². The molecule has 0 amide bonds. The molecule has 0 bridgehead atoms. The second-order valence-corrected chi connectivity index (χ2v) is 4.95. The summed E-state index contributed by atoms with van der Waals surface area (Å²) >= 11 is 0. The van der Waals surface area contributed by atoms with E-state index in [1.165, 1.54) is 0 Å². The smallest absolute Gasteiger partial charge is 0.122 e. The summed E-state index contributed by atoms with van der Waals surface area (Å²) in [5, 5.41) is 12.4. The van der Waals surface area contributed by atoms with Crippen molar-refractivity contribution in [1.29, 1.82) is 0 Å². The highest BCUT2D eigenvalue weighted by atomic mass is 16.5. The molecule has 1 unspecified atom stereocenters. The number of ether oxygens (including phenoxy) is 2. The molecule has 19 heavy (non-hydrogen) atoms. The molecule has 0 aliphatic rings. The highest BCUT2D eigenvalue weighted by Gasteiger charge is 2.19. The Bertz CT molecular complexity index is 364. The van der Waals surface area contributed by atoms with Crippen LogP contribution >= 0.6 is 0 Å². The lowest BCUT2D eigenvalue weighted by Crippen LogP contribution is -2.43. The van der Waals surface area contributed by atoms with Gasteiger partial charge in [-0.3, -0.25) is 0 Å². The number of hydrogen-bond acceptors (Lipinski definition) is 4. The van der Waals surface area contributed by atoms with Gasteiger partial charge in [0.2, 0.25) is 0 Å². The second-order valence-electron chi connectivity index (χ2n) is 4.95. The summed E-state index contributed by atoms with van der Waals surface area (Å²) in [5.41, 5.74) is -0.185. The van der Waals surface area contributed by atoms with Crippen LogP contribution in [0.15, 0.2) is 24.3 Å². The van der Waals surface area contributed by atoms with E-state index >= 15 is 0 Å². The molecule has 0 fully saturated rings. The molecule has 0 aliphatic carbocycles. The Morgan fingerprint density at radius 2 is 2.00 bits per heavy atom. The Morgan fingerprint density at radius 1 is 1.26 bits per heavy atom. The molecular weight excluding hydrogens is 242 g/mol. The zero-order valence-corrected chi connectivity index (χ0v) is 12.1. The minimum atomic E-state index is -0.185. The van der Waals surface area contributed by atoms with E-state index < -0.39 is 0 Å². The number of unbranched alkanes of at least 4 members (excludes halogenated alkanes) is 1. The molecule has 0 heterocycles. The zero-order valence-electron chi connectivity index (χ0n) is 12.1. The Kier molecular flexibility index (Phi) is 6.67. The van der Waals surface area contributed by atoms with Crippen molar-refractivity contribution in [2.45, 2.75) is 31.7 Å². The van der Waals surface area contributed by atoms with Crippen molar-refractivity contribution in [3.8, 4) is 11.5 Å². The summed E-state index contributed by atoms with van der Waals surface area (Å²) in [6.07, 6.45) is 2.91. The van der Waals surface area contributed by atoms with E-state index in [-0.39, 0.29) is 12.1 Å². The van der Waals surface area contributed by atoms with E-state index in [0.717, 1.165) is 30.8 Å². The van der Waals surface area contributed by atoms with Gasteiger partial charge in [0.05, 0.1) is 20.3 Å². The number of methoxy groups -OCH3 is 1. The Labute approximate surface area is 115 Å². The van der Waals surface area contributed by atoms with Crippen LogP contribution in [-0.2, 0) is 0 Å².